The van der Waals surface area contributed by atoms with E-state index in [1.807, 2.05) is 19.0 Å². The summed E-state index contributed by atoms with van der Waals surface area (Å²) in [6.45, 7) is 2.72. The Bertz CT molecular complexity index is 373. The molecule has 6 heteroatoms. The number of carbonyl (C=O) groups is 2. The standard InChI is InChI=1S/C14H25N3O3/c1-15(2)10-12-6-4-8-17(12)14(20)16-7-3-5-11(9-16)13(18)19/h11-12H,3-10H2,1-2H3,(H,18,19)/t11-,12?/m1/s1. The van der Waals surface area contributed by atoms with E-state index in [0.717, 1.165) is 32.4 Å². The van der Waals surface area contributed by atoms with E-state index in [9.17, 15) is 9.59 Å². The van der Waals surface area contributed by atoms with Gasteiger partial charge in [0.25, 0.3) is 0 Å². The number of carboxylic acids is 1. The summed E-state index contributed by atoms with van der Waals surface area (Å²) in [4.78, 5) is 29.5. The van der Waals surface area contributed by atoms with Crippen LogP contribution in [0.1, 0.15) is 25.7 Å². The molecule has 0 aromatic carbocycles. The molecule has 0 aromatic rings. The lowest BCUT2D eigenvalue weighted by Crippen LogP contribution is -2.51. The van der Waals surface area contributed by atoms with Crippen LogP contribution in [-0.4, -0.2) is 78.1 Å². The third-order valence-corrected chi connectivity index (χ3v) is 4.24. The molecule has 2 rings (SSSR count). The molecule has 0 aromatic heterocycles. The summed E-state index contributed by atoms with van der Waals surface area (Å²) in [5.74, 6) is -1.18. The van der Waals surface area contributed by atoms with Crippen molar-refractivity contribution < 1.29 is 14.7 Å². The predicted molar refractivity (Wildman–Crippen MR) is 75.6 cm³/mol. The van der Waals surface area contributed by atoms with Crippen molar-refractivity contribution in [3.8, 4) is 0 Å². The third kappa shape index (κ3) is 3.42. The quantitative estimate of drug-likeness (QED) is 0.837. The van der Waals surface area contributed by atoms with Crippen LogP contribution >= 0.6 is 0 Å². The first-order chi connectivity index (χ1) is 9.49. The molecule has 0 spiro atoms. The molecule has 2 aliphatic rings. The molecule has 2 saturated heterocycles. The number of nitrogens with zero attached hydrogens (tertiary/aromatic N) is 3. The molecule has 0 bridgehead atoms. The molecule has 1 unspecified atom stereocenters. The van der Waals surface area contributed by atoms with Crippen molar-refractivity contribution in [3.63, 3.8) is 0 Å². The number of amides is 2. The lowest BCUT2D eigenvalue weighted by Gasteiger charge is -2.36. The van der Waals surface area contributed by atoms with E-state index < -0.39 is 11.9 Å². The SMILES string of the molecule is CN(C)CC1CCCN1C(=O)N1CCC[C@@H](C(=O)O)C1. The monoisotopic (exact) mass is 283 g/mol. The molecule has 2 atom stereocenters. The average molecular weight is 283 g/mol. The zero-order valence-electron chi connectivity index (χ0n) is 12.4. The second kappa shape index (κ2) is 6.43. The van der Waals surface area contributed by atoms with Crippen molar-refractivity contribution in [3.05, 3.63) is 0 Å². The summed E-state index contributed by atoms with van der Waals surface area (Å²) in [7, 11) is 4.03. The fraction of sp³-hybridized carbons (Fsp3) is 0.857. The first-order valence-electron chi connectivity index (χ1n) is 7.42. The van der Waals surface area contributed by atoms with Crippen LogP contribution in [0, 0.1) is 5.92 Å². The summed E-state index contributed by atoms with van der Waals surface area (Å²) >= 11 is 0. The normalized spacial score (nSPS) is 27.1. The van der Waals surface area contributed by atoms with Crippen molar-refractivity contribution in [2.24, 2.45) is 5.92 Å². The molecule has 1 N–H and O–H groups in total. The molecule has 6 nitrogen and oxygen atoms in total. The molecular formula is C14H25N3O3. The number of hydrogen-bond acceptors (Lipinski definition) is 3. The second-order valence-corrected chi connectivity index (χ2v) is 6.16. The van der Waals surface area contributed by atoms with Crippen LogP contribution in [0.15, 0.2) is 0 Å². The number of urea groups is 1. The Kier molecular flexibility index (Phi) is 4.86. The van der Waals surface area contributed by atoms with Gasteiger partial charge in [0.2, 0.25) is 0 Å². The maximum absolute atomic E-state index is 12.6. The largest absolute Gasteiger partial charge is 0.481 e. The summed E-state index contributed by atoms with van der Waals surface area (Å²) in [6, 6.07) is 0.294. The van der Waals surface area contributed by atoms with Gasteiger partial charge in [-0.2, -0.15) is 0 Å². The topological polar surface area (TPSA) is 64.1 Å². The van der Waals surface area contributed by atoms with E-state index in [0.29, 0.717) is 19.5 Å². The highest BCUT2D eigenvalue weighted by Crippen LogP contribution is 2.23. The van der Waals surface area contributed by atoms with E-state index in [1.54, 1.807) is 4.90 Å². The smallest absolute Gasteiger partial charge is 0.320 e. The molecule has 2 heterocycles. The molecule has 20 heavy (non-hydrogen) atoms. The van der Waals surface area contributed by atoms with E-state index in [4.69, 9.17) is 5.11 Å². The van der Waals surface area contributed by atoms with Gasteiger partial charge in [-0.25, -0.2) is 4.79 Å². The number of piperidine rings is 1. The van der Waals surface area contributed by atoms with Crippen LogP contribution in [0.2, 0.25) is 0 Å². The predicted octanol–water partition coefficient (Wildman–Crippen LogP) is 0.929. The molecule has 0 radical (unpaired) electrons. The van der Waals surface area contributed by atoms with E-state index >= 15 is 0 Å². The van der Waals surface area contributed by atoms with Crippen LogP contribution in [0.5, 0.6) is 0 Å². The van der Waals surface area contributed by atoms with Gasteiger partial charge >= 0.3 is 12.0 Å². The lowest BCUT2D eigenvalue weighted by atomic mass is 9.98. The maximum atomic E-state index is 12.6. The molecule has 0 aliphatic carbocycles. The summed E-state index contributed by atoms with van der Waals surface area (Å²) < 4.78 is 0. The van der Waals surface area contributed by atoms with Crippen LogP contribution in [-0.2, 0) is 4.79 Å². The Hall–Kier alpha value is -1.30. The van der Waals surface area contributed by atoms with E-state index in [-0.39, 0.29) is 12.1 Å². The maximum Gasteiger partial charge on any atom is 0.320 e. The molecule has 0 saturated carbocycles. The highest BCUT2D eigenvalue weighted by molar-refractivity contribution is 5.77. The fourth-order valence-electron chi connectivity index (χ4n) is 3.23. The number of likely N-dealkylation sites (N-methyl/N-ethyl adjacent to an activating group) is 1. The lowest BCUT2D eigenvalue weighted by molar-refractivity contribution is -0.143. The van der Waals surface area contributed by atoms with Gasteiger partial charge < -0.3 is 19.8 Å². The molecular weight excluding hydrogens is 258 g/mol. The number of aliphatic carboxylic acids is 1. The summed E-state index contributed by atoms with van der Waals surface area (Å²) in [6.07, 6.45) is 3.55. The number of rotatable bonds is 3. The van der Waals surface area contributed by atoms with Crippen LogP contribution in [0.25, 0.3) is 0 Å². The molecule has 2 amide bonds. The van der Waals surface area contributed by atoms with Crippen LogP contribution in [0.4, 0.5) is 4.79 Å². The van der Waals surface area contributed by atoms with Gasteiger partial charge in [-0.3, -0.25) is 4.79 Å². The molecule has 114 valence electrons. The summed E-state index contributed by atoms with van der Waals surface area (Å²) in [5, 5.41) is 9.12. The van der Waals surface area contributed by atoms with Gasteiger partial charge in [0.05, 0.1) is 5.92 Å². The number of likely N-dealkylation sites (tertiary alicyclic amines) is 2. The first kappa shape index (κ1) is 15.1. The molecule has 2 aliphatic heterocycles. The van der Waals surface area contributed by atoms with Crippen molar-refractivity contribution >= 4 is 12.0 Å². The zero-order chi connectivity index (χ0) is 14.7. The van der Waals surface area contributed by atoms with Gasteiger partial charge in [-0.15, -0.1) is 0 Å². The average Bonchev–Trinajstić information content (AvgIpc) is 2.85. The van der Waals surface area contributed by atoms with Gasteiger partial charge in [-0.1, -0.05) is 0 Å². The number of hydrogen-bond donors (Lipinski definition) is 1. The minimum absolute atomic E-state index is 0.0281. The highest BCUT2D eigenvalue weighted by Gasteiger charge is 2.35. The zero-order valence-corrected chi connectivity index (χ0v) is 12.4. The minimum atomic E-state index is -0.784. The van der Waals surface area contributed by atoms with Crippen molar-refractivity contribution in [1.82, 2.24) is 14.7 Å². The Morgan fingerprint density at radius 3 is 2.55 bits per heavy atom. The fourth-order valence-corrected chi connectivity index (χ4v) is 3.23. The van der Waals surface area contributed by atoms with Gasteiger partial charge in [-0.05, 0) is 39.8 Å². The Balaban J connectivity index is 1.97. The van der Waals surface area contributed by atoms with Crippen molar-refractivity contribution in [2.75, 3.05) is 40.3 Å². The van der Waals surface area contributed by atoms with Crippen molar-refractivity contribution in [2.45, 2.75) is 31.7 Å². The van der Waals surface area contributed by atoms with E-state index in [2.05, 4.69) is 4.90 Å². The second-order valence-electron chi connectivity index (χ2n) is 6.16. The van der Waals surface area contributed by atoms with E-state index in [1.165, 1.54) is 0 Å². The van der Waals surface area contributed by atoms with Crippen LogP contribution < -0.4 is 0 Å². The molecule has 2 fully saturated rings. The Morgan fingerprint density at radius 1 is 1.20 bits per heavy atom. The van der Waals surface area contributed by atoms with Gasteiger partial charge in [0.1, 0.15) is 0 Å². The number of carboxylic acid groups (broad SMARTS) is 1. The minimum Gasteiger partial charge on any atom is -0.481 e. The highest BCUT2D eigenvalue weighted by atomic mass is 16.4. The first-order valence-corrected chi connectivity index (χ1v) is 7.42. The van der Waals surface area contributed by atoms with Gasteiger partial charge in [0.15, 0.2) is 0 Å². The third-order valence-electron chi connectivity index (χ3n) is 4.24. The van der Waals surface area contributed by atoms with Crippen molar-refractivity contribution in [1.29, 1.82) is 0 Å². The van der Waals surface area contributed by atoms with Gasteiger partial charge in [0, 0.05) is 32.2 Å². The van der Waals surface area contributed by atoms with Crippen LogP contribution in [0.3, 0.4) is 0 Å². The Labute approximate surface area is 120 Å². The summed E-state index contributed by atoms with van der Waals surface area (Å²) in [5.41, 5.74) is 0. The Morgan fingerprint density at radius 2 is 1.90 bits per heavy atom. The number of carbonyl (C=O) groups excluding carboxylic acids is 1.